The van der Waals surface area contributed by atoms with E-state index in [2.05, 4.69) is 0 Å². The van der Waals surface area contributed by atoms with Crippen LogP contribution >= 0.6 is 0 Å². The lowest BCUT2D eigenvalue weighted by molar-refractivity contribution is -0.146. The minimum atomic E-state index is -0.788. The fourth-order valence-electron chi connectivity index (χ4n) is 2.74. The molecule has 0 radical (unpaired) electrons. The van der Waals surface area contributed by atoms with Crippen molar-refractivity contribution in [2.45, 2.75) is 52.0 Å². The summed E-state index contributed by atoms with van der Waals surface area (Å²) in [6.45, 7) is 4.51. The first-order valence-electron chi connectivity index (χ1n) is 7.11. The van der Waals surface area contributed by atoms with Crippen LogP contribution in [0.4, 0.5) is 0 Å². The second kappa shape index (κ2) is 7.48. The molecule has 1 fully saturated rings. The molecule has 2 atom stereocenters. The lowest BCUT2D eigenvalue weighted by Crippen LogP contribution is -2.43. The molecule has 1 aliphatic carbocycles. The number of aliphatic carboxylic acids is 1. The first kappa shape index (κ1) is 16.0. The number of nitrogens with zero attached hydrogens (tertiary/aromatic N) is 1. The van der Waals surface area contributed by atoms with Crippen LogP contribution in [0.5, 0.6) is 0 Å². The van der Waals surface area contributed by atoms with E-state index in [1.807, 2.05) is 13.8 Å². The largest absolute Gasteiger partial charge is 0.481 e. The van der Waals surface area contributed by atoms with Crippen LogP contribution in [-0.4, -0.2) is 46.2 Å². The van der Waals surface area contributed by atoms with Crippen molar-refractivity contribution in [2.75, 3.05) is 13.2 Å². The number of carboxylic acids is 1. The van der Waals surface area contributed by atoms with E-state index >= 15 is 0 Å². The van der Waals surface area contributed by atoms with Crippen LogP contribution in [-0.2, 0) is 9.59 Å². The topological polar surface area (TPSA) is 77.8 Å². The number of hydrogen-bond acceptors (Lipinski definition) is 3. The summed E-state index contributed by atoms with van der Waals surface area (Å²) in [5.41, 5.74) is 0. The number of aliphatic hydroxyl groups excluding tert-OH is 1. The van der Waals surface area contributed by atoms with Crippen molar-refractivity contribution >= 4 is 11.9 Å². The Labute approximate surface area is 114 Å². The number of carbonyl (C=O) groups excluding carboxylic acids is 1. The van der Waals surface area contributed by atoms with Gasteiger partial charge in [0.15, 0.2) is 0 Å². The van der Waals surface area contributed by atoms with Crippen molar-refractivity contribution in [3.05, 3.63) is 0 Å². The van der Waals surface area contributed by atoms with E-state index in [1.165, 1.54) is 0 Å². The highest BCUT2D eigenvalue weighted by molar-refractivity contribution is 5.80. The molecule has 0 heterocycles. The molecule has 0 spiro atoms. The van der Waals surface area contributed by atoms with E-state index < -0.39 is 5.97 Å². The Balaban J connectivity index is 2.65. The van der Waals surface area contributed by atoms with Crippen LogP contribution in [0.25, 0.3) is 0 Å². The second-order valence-corrected chi connectivity index (χ2v) is 5.60. The summed E-state index contributed by atoms with van der Waals surface area (Å²) in [5, 5.41) is 18.0. The minimum absolute atomic E-state index is 0.0504. The second-order valence-electron chi connectivity index (χ2n) is 5.60. The quantitative estimate of drug-likeness (QED) is 0.767. The summed E-state index contributed by atoms with van der Waals surface area (Å²) >= 11 is 0. The third-order valence-corrected chi connectivity index (χ3v) is 3.84. The van der Waals surface area contributed by atoms with Crippen LogP contribution in [0.15, 0.2) is 0 Å². The third-order valence-electron chi connectivity index (χ3n) is 3.84. The highest BCUT2D eigenvalue weighted by Crippen LogP contribution is 2.31. The van der Waals surface area contributed by atoms with Crippen LogP contribution in [0.2, 0.25) is 0 Å². The average Bonchev–Trinajstić information content (AvgIpc) is 2.38. The molecule has 0 saturated heterocycles. The van der Waals surface area contributed by atoms with Crippen molar-refractivity contribution in [3.8, 4) is 0 Å². The molecule has 110 valence electrons. The van der Waals surface area contributed by atoms with E-state index in [4.69, 9.17) is 10.2 Å². The summed E-state index contributed by atoms with van der Waals surface area (Å²) < 4.78 is 0. The molecule has 0 bridgehead atoms. The number of aliphatic hydroxyl groups is 1. The molecule has 5 nitrogen and oxygen atoms in total. The van der Waals surface area contributed by atoms with Crippen molar-refractivity contribution in [1.29, 1.82) is 0 Å². The van der Waals surface area contributed by atoms with E-state index in [-0.39, 0.29) is 30.4 Å². The van der Waals surface area contributed by atoms with E-state index in [1.54, 1.807) is 4.90 Å². The standard InChI is InChI=1S/C14H25NO4/c1-10(2)15(7-4-8-16)13(17)11-5-3-6-12(9-11)14(18)19/h10-12,16H,3-9H2,1-2H3,(H,18,19). The zero-order chi connectivity index (χ0) is 14.4. The van der Waals surface area contributed by atoms with Gasteiger partial charge >= 0.3 is 5.97 Å². The molecule has 19 heavy (non-hydrogen) atoms. The maximum atomic E-state index is 12.5. The number of rotatable bonds is 6. The van der Waals surface area contributed by atoms with Gasteiger partial charge in [0.1, 0.15) is 0 Å². The van der Waals surface area contributed by atoms with Gasteiger partial charge in [0.05, 0.1) is 5.92 Å². The first-order chi connectivity index (χ1) is 8.97. The monoisotopic (exact) mass is 271 g/mol. The fourth-order valence-corrected chi connectivity index (χ4v) is 2.74. The van der Waals surface area contributed by atoms with E-state index in [0.717, 1.165) is 12.8 Å². The van der Waals surface area contributed by atoms with Gasteiger partial charge in [-0.2, -0.15) is 0 Å². The minimum Gasteiger partial charge on any atom is -0.481 e. The summed E-state index contributed by atoms with van der Waals surface area (Å²) in [6.07, 6.45) is 3.29. The predicted molar refractivity (Wildman–Crippen MR) is 71.6 cm³/mol. The van der Waals surface area contributed by atoms with Gasteiger partial charge in [-0.15, -0.1) is 0 Å². The number of carbonyl (C=O) groups is 2. The van der Waals surface area contributed by atoms with Crippen molar-refractivity contribution in [2.24, 2.45) is 11.8 Å². The summed E-state index contributed by atoms with van der Waals surface area (Å²) in [4.78, 5) is 25.3. The van der Waals surface area contributed by atoms with Crippen LogP contribution in [0, 0.1) is 11.8 Å². The van der Waals surface area contributed by atoms with Gasteiger partial charge in [-0.3, -0.25) is 9.59 Å². The molecule has 2 unspecified atom stereocenters. The highest BCUT2D eigenvalue weighted by Gasteiger charge is 2.33. The highest BCUT2D eigenvalue weighted by atomic mass is 16.4. The molecule has 1 aliphatic rings. The molecule has 0 aromatic heterocycles. The van der Waals surface area contributed by atoms with Gasteiger partial charge in [-0.25, -0.2) is 0 Å². The van der Waals surface area contributed by atoms with Gasteiger partial charge in [0, 0.05) is 25.1 Å². The van der Waals surface area contributed by atoms with Crippen LogP contribution in [0.1, 0.15) is 46.0 Å². The summed E-state index contributed by atoms with van der Waals surface area (Å²) in [5.74, 6) is -1.29. The normalized spacial score (nSPS) is 23.4. The average molecular weight is 271 g/mol. The van der Waals surface area contributed by atoms with Gasteiger partial charge in [-0.1, -0.05) is 6.42 Å². The van der Waals surface area contributed by atoms with Gasteiger partial charge < -0.3 is 15.1 Å². The molecule has 2 N–H and O–H groups in total. The predicted octanol–water partition coefficient (Wildman–Crippen LogP) is 1.50. The Morgan fingerprint density at radius 3 is 2.42 bits per heavy atom. The molecule has 5 heteroatoms. The fraction of sp³-hybridized carbons (Fsp3) is 0.857. The van der Waals surface area contributed by atoms with Gasteiger partial charge in [0.25, 0.3) is 0 Å². The Kier molecular flexibility index (Phi) is 6.28. The lowest BCUT2D eigenvalue weighted by atomic mass is 9.80. The maximum Gasteiger partial charge on any atom is 0.306 e. The van der Waals surface area contributed by atoms with Crippen molar-refractivity contribution in [1.82, 2.24) is 4.90 Å². The molecule has 0 aliphatic heterocycles. The SMILES string of the molecule is CC(C)N(CCCO)C(=O)C1CCCC(C(=O)O)C1. The molecule has 1 amide bonds. The Morgan fingerprint density at radius 2 is 1.89 bits per heavy atom. The Morgan fingerprint density at radius 1 is 1.26 bits per heavy atom. The van der Waals surface area contributed by atoms with Gasteiger partial charge in [-0.05, 0) is 39.5 Å². The number of carboxylic acid groups (broad SMARTS) is 1. The lowest BCUT2D eigenvalue weighted by Gasteiger charge is -2.33. The van der Waals surface area contributed by atoms with E-state index in [0.29, 0.717) is 25.8 Å². The van der Waals surface area contributed by atoms with E-state index in [9.17, 15) is 9.59 Å². The molecule has 1 rings (SSSR count). The van der Waals surface area contributed by atoms with Crippen LogP contribution in [0.3, 0.4) is 0 Å². The smallest absolute Gasteiger partial charge is 0.306 e. The molecular formula is C14H25NO4. The zero-order valence-corrected chi connectivity index (χ0v) is 11.8. The summed E-state index contributed by atoms with van der Waals surface area (Å²) in [7, 11) is 0. The Bertz CT molecular complexity index is 317. The van der Waals surface area contributed by atoms with Crippen molar-refractivity contribution in [3.63, 3.8) is 0 Å². The number of amides is 1. The zero-order valence-electron chi connectivity index (χ0n) is 11.8. The maximum absolute atomic E-state index is 12.5. The van der Waals surface area contributed by atoms with Crippen LogP contribution < -0.4 is 0 Å². The molecular weight excluding hydrogens is 246 g/mol. The molecule has 0 aromatic carbocycles. The summed E-state index contributed by atoms with van der Waals surface area (Å²) in [6, 6.07) is 0.0873. The Hall–Kier alpha value is -1.10. The van der Waals surface area contributed by atoms with Gasteiger partial charge in [0.2, 0.25) is 5.91 Å². The third kappa shape index (κ3) is 4.49. The first-order valence-corrected chi connectivity index (χ1v) is 7.11. The van der Waals surface area contributed by atoms with Crippen molar-refractivity contribution < 1.29 is 19.8 Å². The number of hydrogen-bond donors (Lipinski definition) is 2. The molecule has 0 aromatic rings. The molecule has 1 saturated carbocycles.